The van der Waals surface area contributed by atoms with Crippen LogP contribution in [0.5, 0.6) is 0 Å². The molecule has 1 heterocycles. The molecule has 1 aromatic heterocycles. The molecule has 1 aromatic carbocycles. The monoisotopic (exact) mass is 408 g/mol. The van der Waals surface area contributed by atoms with E-state index in [0.29, 0.717) is 12.6 Å². The van der Waals surface area contributed by atoms with E-state index in [4.69, 9.17) is 0 Å². The zero-order valence-corrected chi connectivity index (χ0v) is 17.7. The summed E-state index contributed by atoms with van der Waals surface area (Å²) >= 11 is 0. The maximum Gasteiger partial charge on any atom is 0.223 e. The molecule has 2 unspecified atom stereocenters. The van der Waals surface area contributed by atoms with Crippen molar-refractivity contribution >= 4 is 11.9 Å². The number of nitrogens with zero attached hydrogens (tertiary/aromatic N) is 3. The van der Waals surface area contributed by atoms with Crippen LogP contribution in [0.15, 0.2) is 47.7 Å². The Kier molecular flexibility index (Phi) is 6.67. The fourth-order valence-electron chi connectivity index (χ4n) is 4.09. The second-order valence-corrected chi connectivity index (χ2v) is 8.37. The van der Waals surface area contributed by atoms with Gasteiger partial charge in [0.15, 0.2) is 5.96 Å². The van der Waals surface area contributed by atoms with Gasteiger partial charge in [0, 0.05) is 44.0 Å². The minimum Gasteiger partial charge on any atom is -0.354 e. The summed E-state index contributed by atoms with van der Waals surface area (Å²) in [5.41, 5.74) is 1.25. The van der Waals surface area contributed by atoms with Gasteiger partial charge in [-0.1, -0.05) is 36.8 Å². The van der Waals surface area contributed by atoms with Crippen LogP contribution in [0.25, 0.3) is 0 Å². The lowest BCUT2D eigenvalue weighted by molar-refractivity contribution is -0.126. The third kappa shape index (κ3) is 5.62. The Morgan fingerprint density at radius 1 is 1.13 bits per heavy atom. The summed E-state index contributed by atoms with van der Waals surface area (Å²) in [5, 5.41) is 10.1. The molecule has 160 valence electrons. The number of imidazole rings is 1. The lowest BCUT2D eigenvalue weighted by Crippen LogP contribution is -2.47. The van der Waals surface area contributed by atoms with Crippen molar-refractivity contribution in [1.82, 2.24) is 25.5 Å². The molecule has 3 N–H and O–H groups in total. The number of aromatic nitrogens is 2. The molecular weight excluding hydrogens is 376 g/mol. The van der Waals surface area contributed by atoms with E-state index in [1.807, 2.05) is 18.5 Å². The van der Waals surface area contributed by atoms with Crippen molar-refractivity contribution in [2.24, 2.45) is 10.9 Å². The fraction of sp³-hybridized carbons (Fsp3) is 0.522. The number of aliphatic imine (C=N–C) groups is 1. The molecule has 0 saturated heterocycles. The Hall–Kier alpha value is -2.83. The molecule has 2 fully saturated rings. The first-order chi connectivity index (χ1) is 14.7. The third-order valence-electron chi connectivity index (χ3n) is 5.94. The summed E-state index contributed by atoms with van der Waals surface area (Å²) in [7, 11) is 1.78. The molecule has 0 bridgehead atoms. The van der Waals surface area contributed by atoms with Gasteiger partial charge in [0.25, 0.3) is 0 Å². The summed E-state index contributed by atoms with van der Waals surface area (Å²) in [6.07, 6.45) is 10.1. The van der Waals surface area contributed by atoms with Crippen molar-refractivity contribution in [3.8, 4) is 0 Å². The zero-order chi connectivity index (χ0) is 20.8. The Bertz CT molecular complexity index is 858. The number of nitrogens with one attached hydrogen (secondary N) is 3. The SMILES string of the molecule is CN=C(NCc1nccn1Cc1ccccc1)NC1CCCC(C(=O)NC2CC2)C1. The van der Waals surface area contributed by atoms with Crippen molar-refractivity contribution < 1.29 is 4.79 Å². The number of carbonyl (C=O) groups excluding carboxylic acids is 1. The van der Waals surface area contributed by atoms with Crippen LogP contribution >= 0.6 is 0 Å². The van der Waals surface area contributed by atoms with Crippen molar-refractivity contribution in [2.45, 2.75) is 63.7 Å². The van der Waals surface area contributed by atoms with Crippen molar-refractivity contribution in [3.63, 3.8) is 0 Å². The van der Waals surface area contributed by atoms with E-state index in [9.17, 15) is 4.79 Å². The van der Waals surface area contributed by atoms with Gasteiger partial charge in [-0.2, -0.15) is 0 Å². The summed E-state index contributed by atoms with van der Waals surface area (Å²) in [6, 6.07) is 11.1. The fourth-order valence-corrected chi connectivity index (χ4v) is 4.09. The summed E-state index contributed by atoms with van der Waals surface area (Å²) in [5.74, 6) is 2.07. The number of hydrogen-bond donors (Lipinski definition) is 3. The molecule has 0 spiro atoms. The molecule has 7 heteroatoms. The molecule has 2 aromatic rings. The summed E-state index contributed by atoms with van der Waals surface area (Å²) in [6.45, 7) is 1.39. The van der Waals surface area contributed by atoms with Gasteiger partial charge in [-0.05, 0) is 37.7 Å². The van der Waals surface area contributed by atoms with Crippen LogP contribution in [0.1, 0.15) is 49.9 Å². The molecule has 0 aliphatic heterocycles. The Labute approximate surface area is 178 Å². The van der Waals surface area contributed by atoms with E-state index in [2.05, 4.69) is 54.8 Å². The topological polar surface area (TPSA) is 83.3 Å². The molecule has 30 heavy (non-hydrogen) atoms. The van der Waals surface area contributed by atoms with E-state index in [-0.39, 0.29) is 17.9 Å². The maximum absolute atomic E-state index is 12.4. The second kappa shape index (κ2) is 9.78. The van der Waals surface area contributed by atoms with Crippen LogP contribution in [0, 0.1) is 5.92 Å². The van der Waals surface area contributed by atoms with Gasteiger partial charge < -0.3 is 20.5 Å². The number of carbonyl (C=O) groups is 1. The molecule has 2 atom stereocenters. The predicted molar refractivity (Wildman–Crippen MR) is 118 cm³/mol. The third-order valence-corrected chi connectivity index (χ3v) is 5.94. The first-order valence-electron chi connectivity index (χ1n) is 11.0. The molecule has 1 amide bonds. The van der Waals surface area contributed by atoms with Crippen molar-refractivity contribution in [1.29, 1.82) is 0 Å². The van der Waals surface area contributed by atoms with Crippen LogP contribution in [-0.2, 0) is 17.9 Å². The van der Waals surface area contributed by atoms with Crippen molar-refractivity contribution in [2.75, 3.05) is 7.05 Å². The van der Waals surface area contributed by atoms with Gasteiger partial charge in [0.1, 0.15) is 5.82 Å². The van der Waals surface area contributed by atoms with Crippen LogP contribution < -0.4 is 16.0 Å². The second-order valence-electron chi connectivity index (χ2n) is 8.37. The standard InChI is InChI=1S/C23H32N6O/c1-24-23(28-20-9-5-8-18(14-20)22(30)27-19-10-11-19)26-15-21-25-12-13-29(21)16-17-6-3-2-4-7-17/h2-4,6-7,12-13,18-20H,5,8-11,14-16H2,1H3,(H,27,30)(H2,24,26,28). The van der Waals surface area contributed by atoms with E-state index < -0.39 is 0 Å². The molecule has 2 aliphatic carbocycles. The quantitative estimate of drug-likeness (QED) is 0.485. The van der Waals surface area contributed by atoms with Crippen LogP contribution in [-0.4, -0.2) is 40.5 Å². The predicted octanol–water partition coefficient (Wildman–Crippen LogP) is 2.43. The van der Waals surface area contributed by atoms with Gasteiger partial charge in [-0.15, -0.1) is 0 Å². The molecule has 4 rings (SSSR count). The highest BCUT2D eigenvalue weighted by Crippen LogP contribution is 2.26. The summed E-state index contributed by atoms with van der Waals surface area (Å²) in [4.78, 5) is 21.3. The van der Waals surface area contributed by atoms with E-state index >= 15 is 0 Å². The highest BCUT2D eigenvalue weighted by atomic mass is 16.2. The lowest BCUT2D eigenvalue weighted by Gasteiger charge is -2.30. The largest absolute Gasteiger partial charge is 0.354 e. The average molecular weight is 409 g/mol. The van der Waals surface area contributed by atoms with E-state index in [1.54, 1.807) is 7.05 Å². The molecular formula is C23H32N6O. The van der Waals surface area contributed by atoms with Gasteiger partial charge in [-0.3, -0.25) is 9.79 Å². The van der Waals surface area contributed by atoms with Gasteiger partial charge in [-0.25, -0.2) is 4.98 Å². The maximum atomic E-state index is 12.4. The Balaban J connectivity index is 1.28. The average Bonchev–Trinajstić information content (AvgIpc) is 3.48. The molecule has 2 aliphatic rings. The minimum absolute atomic E-state index is 0.111. The number of benzene rings is 1. The smallest absolute Gasteiger partial charge is 0.223 e. The number of rotatable bonds is 7. The highest BCUT2D eigenvalue weighted by Gasteiger charge is 2.31. The van der Waals surface area contributed by atoms with Crippen LogP contribution in [0.2, 0.25) is 0 Å². The van der Waals surface area contributed by atoms with Gasteiger partial charge in [0.2, 0.25) is 5.91 Å². The minimum atomic E-state index is 0.111. The number of guanidine groups is 1. The number of amides is 1. The number of hydrogen-bond acceptors (Lipinski definition) is 3. The first kappa shape index (κ1) is 20.4. The molecule has 7 nitrogen and oxygen atoms in total. The lowest BCUT2D eigenvalue weighted by atomic mass is 9.85. The molecule has 0 radical (unpaired) electrons. The van der Waals surface area contributed by atoms with Crippen LogP contribution in [0.4, 0.5) is 0 Å². The molecule has 2 saturated carbocycles. The summed E-state index contributed by atoms with van der Waals surface area (Å²) < 4.78 is 2.15. The Morgan fingerprint density at radius 3 is 2.73 bits per heavy atom. The van der Waals surface area contributed by atoms with Gasteiger partial charge in [0.05, 0.1) is 6.54 Å². The van der Waals surface area contributed by atoms with Crippen LogP contribution in [0.3, 0.4) is 0 Å². The first-order valence-corrected chi connectivity index (χ1v) is 11.0. The van der Waals surface area contributed by atoms with Gasteiger partial charge >= 0.3 is 0 Å². The normalized spacial score (nSPS) is 21.8. The Morgan fingerprint density at radius 2 is 1.97 bits per heavy atom. The zero-order valence-electron chi connectivity index (χ0n) is 17.7. The van der Waals surface area contributed by atoms with E-state index in [0.717, 1.165) is 56.9 Å². The highest BCUT2D eigenvalue weighted by molar-refractivity contribution is 5.81. The van der Waals surface area contributed by atoms with E-state index in [1.165, 1.54) is 5.56 Å². The van der Waals surface area contributed by atoms with Crippen molar-refractivity contribution in [3.05, 3.63) is 54.1 Å².